The molecule has 1 nitrogen and oxygen atoms in total. The maximum atomic E-state index is 14.4. The normalized spacial score (nSPS) is 19.6. The minimum Gasteiger partial charge on any atom is -0.494 e. The summed E-state index contributed by atoms with van der Waals surface area (Å²) in [6.07, 6.45) is 7.30. The highest BCUT2D eigenvalue weighted by Crippen LogP contribution is 2.42. The fraction of sp³-hybridized carbons (Fsp3) is 0.500. The summed E-state index contributed by atoms with van der Waals surface area (Å²) in [5, 5.41) is 0. The monoisotopic (exact) mass is 390 g/mol. The van der Waals surface area contributed by atoms with Crippen molar-refractivity contribution in [2.24, 2.45) is 0 Å². The third kappa shape index (κ3) is 4.53. The fourth-order valence-corrected chi connectivity index (χ4v) is 4.34. The Labute approximate surface area is 165 Å². The zero-order valence-corrected chi connectivity index (χ0v) is 16.7. The molecule has 0 N–H and O–H groups in total. The van der Waals surface area contributed by atoms with Gasteiger partial charge in [0.1, 0.15) is 5.82 Å². The van der Waals surface area contributed by atoms with Gasteiger partial charge in [0.05, 0.1) is 7.11 Å². The molecule has 1 aliphatic rings. The Morgan fingerprint density at radius 1 is 0.893 bits per heavy atom. The molecule has 0 bridgehead atoms. The average molecular weight is 390 g/mol. The van der Waals surface area contributed by atoms with Gasteiger partial charge in [-0.05, 0) is 79.2 Å². The summed E-state index contributed by atoms with van der Waals surface area (Å²) < 4.78 is 47.7. The molecule has 0 radical (unpaired) electrons. The summed E-state index contributed by atoms with van der Waals surface area (Å²) in [5.41, 5.74) is 2.24. The Kier molecular flexibility index (Phi) is 7.03. The first-order valence-corrected chi connectivity index (χ1v) is 10.3. The highest BCUT2D eigenvalue weighted by Gasteiger charge is 2.27. The van der Waals surface area contributed by atoms with Crippen LogP contribution < -0.4 is 4.74 Å². The van der Waals surface area contributed by atoms with Crippen LogP contribution in [0, 0.1) is 17.5 Å². The van der Waals surface area contributed by atoms with Crippen molar-refractivity contribution in [1.29, 1.82) is 0 Å². The van der Waals surface area contributed by atoms with Crippen molar-refractivity contribution in [1.82, 2.24) is 0 Å². The van der Waals surface area contributed by atoms with Gasteiger partial charge in [-0.1, -0.05) is 38.0 Å². The second kappa shape index (κ2) is 9.49. The van der Waals surface area contributed by atoms with Crippen LogP contribution in [0.5, 0.6) is 5.75 Å². The first kappa shape index (κ1) is 20.8. The number of aryl methyl sites for hydroxylation is 1. The highest BCUT2D eigenvalue weighted by molar-refractivity contribution is 5.34. The van der Waals surface area contributed by atoms with E-state index in [1.807, 2.05) is 12.1 Å². The van der Waals surface area contributed by atoms with Gasteiger partial charge in [-0.2, -0.15) is 4.39 Å². The van der Waals surface area contributed by atoms with Crippen LogP contribution in [-0.2, 0) is 6.42 Å². The summed E-state index contributed by atoms with van der Waals surface area (Å²) in [6.45, 7) is 2.14. The molecule has 152 valence electrons. The van der Waals surface area contributed by atoms with Crippen LogP contribution in [0.3, 0.4) is 0 Å². The van der Waals surface area contributed by atoms with Gasteiger partial charge in [0, 0.05) is 0 Å². The van der Waals surface area contributed by atoms with Crippen LogP contribution in [0.4, 0.5) is 13.2 Å². The molecule has 0 saturated heterocycles. The highest BCUT2D eigenvalue weighted by atomic mass is 19.2. The molecule has 1 saturated carbocycles. The standard InChI is InChI=1S/C24H29F3O/c1-3-4-5-6-18-11-12-19(15-21(18)25)16-7-9-17(10-8-16)20-13-14-22(28-2)24(27)23(20)26/h11-17H,3-10H2,1-2H3. The van der Waals surface area contributed by atoms with E-state index in [9.17, 15) is 13.2 Å². The van der Waals surface area contributed by atoms with Gasteiger partial charge in [-0.25, -0.2) is 8.78 Å². The van der Waals surface area contributed by atoms with Crippen molar-refractivity contribution in [3.63, 3.8) is 0 Å². The smallest absolute Gasteiger partial charge is 0.200 e. The second-order valence-electron chi connectivity index (χ2n) is 7.84. The van der Waals surface area contributed by atoms with Crippen molar-refractivity contribution in [2.45, 2.75) is 70.1 Å². The van der Waals surface area contributed by atoms with E-state index in [0.717, 1.165) is 62.5 Å². The molecule has 2 aromatic carbocycles. The van der Waals surface area contributed by atoms with Gasteiger partial charge in [-0.15, -0.1) is 0 Å². The van der Waals surface area contributed by atoms with Crippen molar-refractivity contribution < 1.29 is 17.9 Å². The third-order valence-corrected chi connectivity index (χ3v) is 6.06. The van der Waals surface area contributed by atoms with E-state index < -0.39 is 11.6 Å². The molecule has 0 aliphatic heterocycles. The number of rotatable bonds is 7. The van der Waals surface area contributed by atoms with E-state index in [1.54, 1.807) is 12.1 Å². The van der Waals surface area contributed by atoms with Gasteiger partial charge >= 0.3 is 0 Å². The van der Waals surface area contributed by atoms with Crippen LogP contribution in [0.2, 0.25) is 0 Å². The zero-order chi connectivity index (χ0) is 20.1. The van der Waals surface area contributed by atoms with Gasteiger partial charge in [0.15, 0.2) is 11.6 Å². The average Bonchev–Trinajstić information content (AvgIpc) is 2.71. The van der Waals surface area contributed by atoms with Crippen LogP contribution in [0.1, 0.15) is 80.4 Å². The van der Waals surface area contributed by atoms with E-state index in [2.05, 4.69) is 6.92 Å². The Bertz CT molecular complexity index is 795. The molecule has 0 atom stereocenters. The Hall–Kier alpha value is -1.97. The minimum absolute atomic E-state index is 0.00480. The zero-order valence-electron chi connectivity index (χ0n) is 16.7. The summed E-state index contributed by atoms with van der Waals surface area (Å²) in [7, 11) is 1.33. The SMILES string of the molecule is CCCCCc1ccc(C2CCC(c3ccc(OC)c(F)c3F)CC2)cc1F. The van der Waals surface area contributed by atoms with Crippen molar-refractivity contribution >= 4 is 0 Å². The molecule has 0 unspecified atom stereocenters. The van der Waals surface area contributed by atoms with E-state index in [0.29, 0.717) is 5.56 Å². The van der Waals surface area contributed by atoms with Crippen LogP contribution in [0.15, 0.2) is 30.3 Å². The second-order valence-corrected chi connectivity index (χ2v) is 7.84. The van der Waals surface area contributed by atoms with Crippen molar-refractivity contribution in [3.8, 4) is 5.75 Å². The van der Waals surface area contributed by atoms with E-state index >= 15 is 0 Å². The lowest BCUT2D eigenvalue weighted by molar-refractivity contribution is 0.356. The third-order valence-electron chi connectivity index (χ3n) is 6.06. The first-order chi connectivity index (χ1) is 13.5. The quantitative estimate of drug-likeness (QED) is 0.451. The summed E-state index contributed by atoms with van der Waals surface area (Å²) in [5.74, 6) is -1.62. The first-order valence-electron chi connectivity index (χ1n) is 10.3. The number of halogens is 3. The molecule has 0 spiro atoms. The number of methoxy groups -OCH3 is 1. The van der Waals surface area contributed by atoms with Gasteiger partial charge in [0.25, 0.3) is 0 Å². The van der Waals surface area contributed by atoms with Gasteiger partial charge in [-0.3, -0.25) is 0 Å². The van der Waals surface area contributed by atoms with Crippen LogP contribution in [0.25, 0.3) is 0 Å². The van der Waals surface area contributed by atoms with E-state index in [-0.39, 0.29) is 23.4 Å². The van der Waals surface area contributed by atoms with Crippen LogP contribution in [-0.4, -0.2) is 7.11 Å². The molecule has 2 aromatic rings. The Balaban J connectivity index is 1.64. The summed E-state index contributed by atoms with van der Waals surface area (Å²) in [6, 6.07) is 8.77. The lowest BCUT2D eigenvalue weighted by Gasteiger charge is -2.29. The molecular formula is C24H29F3O. The predicted molar refractivity (Wildman–Crippen MR) is 106 cm³/mol. The fourth-order valence-electron chi connectivity index (χ4n) is 4.34. The molecule has 1 fully saturated rings. The summed E-state index contributed by atoms with van der Waals surface area (Å²) >= 11 is 0. The molecule has 0 amide bonds. The number of benzene rings is 2. The number of hydrogen-bond acceptors (Lipinski definition) is 1. The van der Waals surface area contributed by atoms with Crippen molar-refractivity contribution in [2.75, 3.05) is 7.11 Å². The number of hydrogen-bond donors (Lipinski definition) is 0. The molecule has 0 aromatic heterocycles. The van der Waals surface area contributed by atoms with Gasteiger partial charge < -0.3 is 4.74 Å². The lowest BCUT2D eigenvalue weighted by Crippen LogP contribution is -2.14. The summed E-state index contributed by atoms with van der Waals surface area (Å²) in [4.78, 5) is 0. The van der Waals surface area contributed by atoms with Crippen LogP contribution >= 0.6 is 0 Å². The number of ether oxygens (including phenoxy) is 1. The maximum Gasteiger partial charge on any atom is 0.200 e. The molecule has 28 heavy (non-hydrogen) atoms. The maximum absolute atomic E-state index is 14.4. The van der Waals surface area contributed by atoms with Gasteiger partial charge in [0.2, 0.25) is 5.82 Å². The molecule has 1 aliphatic carbocycles. The Morgan fingerprint density at radius 3 is 2.25 bits per heavy atom. The Morgan fingerprint density at radius 2 is 1.61 bits per heavy atom. The van der Waals surface area contributed by atoms with Crippen molar-refractivity contribution in [3.05, 3.63) is 64.5 Å². The van der Waals surface area contributed by atoms with E-state index in [4.69, 9.17) is 4.74 Å². The van der Waals surface area contributed by atoms with E-state index in [1.165, 1.54) is 13.2 Å². The molecule has 3 rings (SSSR count). The molecule has 0 heterocycles. The minimum atomic E-state index is -0.914. The lowest BCUT2D eigenvalue weighted by atomic mass is 9.76. The molecular weight excluding hydrogens is 361 g/mol. The number of unbranched alkanes of at least 4 members (excludes halogenated alkanes) is 2. The topological polar surface area (TPSA) is 9.23 Å². The predicted octanol–water partition coefficient (Wildman–Crippen LogP) is 7.29. The largest absolute Gasteiger partial charge is 0.494 e. The molecule has 4 heteroatoms.